The van der Waals surface area contributed by atoms with Crippen LogP contribution in [0.4, 0.5) is 10.5 Å². The van der Waals surface area contributed by atoms with Gasteiger partial charge in [0.1, 0.15) is 0 Å². The lowest BCUT2D eigenvalue weighted by molar-refractivity contribution is 0.187. The van der Waals surface area contributed by atoms with Gasteiger partial charge in [-0.25, -0.2) is 4.79 Å². The first-order valence-electron chi connectivity index (χ1n) is 6.38. The molecule has 0 saturated heterocycles. The van der Waals surface area contributed by atoms with Gasteiger partial charge in [-0.1, -0.05) is 42.5 Å². The van der Waals surface area contributed by atoms with Crippen molar-refractivity contribution in [2.75, 3.05) is 12.4 Å². The number of rotatable bonds is 3. The number of ether oxygens (including phenoxy) is 1. The summed E-state index contributed by atoms with van der Waals surface area (Å²) in [7, 11) is 1.33. The van der Waals surface area contributed by atoms with Crippen molar-refractivity contribution in [3.63, 3.8) is 0 Å². The molecule has 4 nitrogen and oxygen atoms in total. The van der Waals surface area contributed by atoms with Crippen LogP contribution in [0.5, 0.6) is 0 Å². The van der Waals surface area contributed by atoms with E-state index in [4.69, 9.17) is 5.73 Å². The molecule has 0 bridgehead atoms. The molecule has 0 spiro atoms. The highest BCUT2D eigenvalue weighted by molar-refractivity contribution is 5.85. The quantitative estimate of drug-likeness (QED) is 0.900. The van der Waals surface area contributed by atoms with Gasteiger partial charge in [-0.2, -0.15) is 0 Å². The minimum atomic E-state index is -0.505. The fourth-order valence-electron chi connectivity index (χ4n) is 2.15. The standard InChI is InChI=1S/C16H18N2O2/c1-11-7-3-4-8-12(11)15(17)13-9-5-6-10-14(13)18-16(19)20-2/h3-10,15H,17H2,1-2H3,(H,18,19). The number of anilines is 1. The summed E-state index contributed by atoms with van der Waals surface area (Å²) in [4.78, 5) is 11.4. The van der Waals surface area contributed by atoms with E-state index in [9.17, 15) is 4.79 Å². The maximum Gasteiger partial charge on any atom is 0.411 e. The summed E-state index contributed by atoms with van der Waals surface area (Å²) in [5, 5.41) is 2.69. The summed E-state index contributed by atoms with van der Waals surface area (Å²) in [5.74, 6) is 0. The largest absolute Gasteiger partial charge is 0.453 e. The molecule has 1 atom stereocenters. The number of carbonyl (C=O) groups is 1. The average Bonchev–Trinajstić information content (AvgIpc) is 2.47. The number of aryl methyl sites for hydroxylation is 1. The number of methoxy groups -OCH3 is 1. The molecule has 2 aromatic rings. The van der Waals surface area contributed by atoms with Crippen molar-refractivity contribution in [1.82, 2.24) is 0 Å². The summed E-state index contributed by atoms with van der Waals surface area (Å²) in [6, 6.07) is 15.1. The second-order valence-corrected chi connectivity index (χ2v) is 4.54. The maximum absolute atomic E-state index is 11.4. The van der Waals surface area contributed by atoms with Crippen LogP contribution in [0.15, 0.2) is 48.5 Å². The zero-order chi connectivity index (χ0) is 14.5. The Balaban J connectivity index is 2.37. The van der Waals surface area contributed by atoms with E-state index in [1.54, 1.807) is 0 Å². The van der Waals surface area contributed by atoms with E-state index in [-0.39, 0.29) is 6.04 Å². The predicted molar refractivity (Wildman–Crippen MR) is 79.7 cm³/mol. The molecule has 4 heteroatoms. The summed E-state index contributed by atoms with van der Waals surface area (Å²) < 4.78 is 4.63. The molecule has 1 unspecified atom stereocenters. The first-order valence-corrected chi connectivity index (χ1v) is 6.38. The molecule has 0 radical (unpaired) electrons. The number of carbonyl (C=O) groups excluding carboxylic acids is 1. The zero-order valence-electron chi connectivity index (χ0n) is 11.6. The van der Waals surface area contributed by atoms with Gasteiger partial charge in [-0.05, 0) is 29.7 Å². The van der Waals surface area contributed by atoms with Gasteiger partial charge >= 0.3 is 6.09 Å². The van der Waals surface area contributed by atoms with Gasteiger partial charge in [-0.3, -0.25) is 5.32 Å². The Labute approximate surface area is 118 Å². The first-order chi connectivity index (χ1) is 9.63. The third-order valence-corrected chi connectivity index (χ3v) is 3.24. The van der Waals surface area contributed by atoms with Gasteiger partial charge in [0.2, 0.25) is 0 Å². The Kier molecular flexibility index (Phi) is 4.38. The Morgan fingerprint density at radius 1 is 1.10 bits per heavy atom. The van der Waals surface area contributed by atoms with Crippen LogP contribution >= 0.6 is 0 Å². The SMILES string of the molecule is COC(=O)Nc1ccccc1C(N)c1ccccc1C. The monoisotopic (exact) mass is 270 g/mol. The molecule has 20 heavy (non-hydrogen) atoms. The van der Waals surface area contributed by atoms with Gasteiger partial charge in [0, 0.05) is 5.69 Å². The Hall–Kier alpha value is -2.33. The topological polar surface area (TPSA) is 64.3 Å². The molecule has 104 valence electrons. The zero-order valence-corrected chi connectivity index (χ0v) is 11.6. The van der Waals surface area contributed by atoms with Crippen LogP contribution in [0.1, 0.15) is 22.7 Å². The van der Waals surface area contributed by atoms with E-state index in [1.165, 1.54) is 7.11 Å². The molecule has 3 N–H and O–H groups in total. The fourth-order valence-corrected chi connectivity index (χ4v) is 2.15. The molecule has 2 aromatic carbocycles. The van der Waals surface area contributed by atoms with E-state index in [0.717, 1.165) is 16.7 Å². The third kappa shape index (κ3) is 2.97. The van der Waals surface area contributed by atoms with Crippen molar-refractivity contribution < 1.29 is 9.53 Å². The Morgan fingerprint density at radius 2 is 1.70 bits per heavy atom. The molecule has 0 saturated carbocycles. The minimum absolute atomic E-state index is 0.301. The molecule has 0 aliphatic carbocycles. The lowest BCUT2D eigenvalue weighted by atomic mass is 9.94. The van der Waals surface area contributed by atoms with Crippen LogP contribution in [0, 0.1) is 6.92 Å². The first kappa shape index (κ1) is 14.1. The number of nitrogens with two attached hydrogens (primary N) is 1. The van der Waals surface area contributed by atoms with Crippen molar-refractivity contribution in [2.45, 2.75) is 13.0 Å². The van der Waals surface area contributed by atoms with E-state index >= 15 is 0 Å². The van der Waals surface area contributed by atoms with Gasteiger partial charge < -0.3 is 10.5 Å². The molecule has 0 aromatic heterocycles. The Bertz CT molecular complexity index is 611. The van der Waals surface area contributed by atoms with E-state index in [2.05, 4.69) is 10.1 Å². The number of benzene rings is 2. The normalized spacial score (nSPS) is 11.8. The molecular formula is C16H18N2O2. The average molecular weight is 270 g/mol. The van der Waals surface area contributed by atoms with Crippen molar-refractivity contribution in [3.05, 3.63) is 65.2 Å². The Morgan fingerprint density at radius 3 is 2.35 bits per heavy atom. The molecule has 1 amide bonds. The number of amides is 1. The molecule has 0 aliphatic heterocycles. The lowest BCUT2D eigenvalue weighted by Gasteiger charge is -2.18. The van der Waals surface area contributed by atoms with Crippen molar-refractivity contribution >= 4 is 11.8 Å². The van der Waals surface area contributed by atoms with Crippen LogP contribution in [-0.4, -0.2) is 13.2 Å². The second-order valence-electron chi connectivity index (χ2n) is 4.54. The van der Waals surface area contributed by atoms with Crippen LogP contribution in [0.3, 0.4) is 0 Å². The van der Waals surface area contributed by atoms with Gasteiger partial charge in [0.05, 0.1) is 13.2 Å². The molecule has 0 heterocycles. The minimum Gasteiger partial charge on any atom is -0.453 e. The number of hydrogen-bond donors (Lipinski definition) is 2. The van der Waals surface area contributed by atoms with Crippen LogP contribution < -0.4 is 11.1 Å². The van der Waals surface area contributed by atoms with E-state index in [1.807, 2.05) is 55.5 Å². The molecule has 0 fully saturated rings. The number of hydrogen-bond acceptors (Lipinski definition) is 3. The van der Waals surface area contributed by atoms with Crippen molar-refractivity contribution in [1.29, 1.82) is 0 Å². The summed E-state index contributed by atoms with van der Waals surface area (Å²) in [5.41, 5.74) is 10.0. The molecule has 0 aliphatic rings. The lowest BCUT2D eigenvalue weighted by Crippen LogP contribution is -2.18. The fraction of sp³-hybridized carbons (Fsp3) is 0.188. The molecular weight excluding hydrogens is 252 g/mol. The van der Waals surface area contributed by atoms with Crippen LogP contribution in [-0.2, 0) is 4.74 Å². The van der Waals surface area contributed by atoms with Gasteiger partial charge in [-0.15, -0.1) is 0 Å². The highest BCUT2D eigenvalue weighted by Gasteiger charge is 2.15. The maximum atomic E-state index is 11.4. The van der Waals surface area contributed by atoms with Crippen LogP contribution in [0.2, 0.25) is 0 Å². The van der Waals surface area contributed by atoms with Crippen molar-refractivity contribution in [3.8, 4) is 0 Å². The van der Waals surface area contributed by atoms with Gasteiger partial charge in [0.15, 0.2) is 0 Å². The molecule has 2 rings (SSSR count). The van der Waals surface area contributed by atoms with Crippen molar-refractivity contribution in [2.24, 2.45) is 5.73 Å². The summed E-state index contributed by atoms with van der Waals surface area (Å²) in [6.07, 6.45) is -0.505. The second kappa shape index (κ2) is 6.21. The summed E-state index contributed by atoms with van der Waals surface area (Å²) >= 11 is 0. The van der Waals surface area contributed by atoms with Gasteiger partial charge in [0.25, 0.3) is 0 Å². The number of nitrogens with one attached hydrogen (secondary N) is 1. The van der Waals surface area contributed by atoms with Crippen LogP contribution in [0.25, 0.3) is 0 Å². The predicted octanol–water partition coefficient (Wildman–Crippen LogP) is 3.22. The highest BCUT2D eigenvalue weighted by atomic mass is 16.5. The third-order valence-electron chi connectivity index (χ3n) is 3.24. The smallest absolute Gasteiger partial charge is 0.411 e. The van der Waals surface area contributed by atoms with E-state index in [0.29, 0.717) is 5.69 Å². The summed E-state index contributed by atoms with van der Waals surface area (Å²) in [6.45, 7) is 2.02. The van der Waals surface area contributed by atoms with E-state index < -0.39 is 6.09 Å². The number of para-hydroxylation sites is 1. The highest BCUT2D eigenvalue weighted by Crippen LogP contribution is 2.28.